The molecule has 0 fully saturated rings. The molecule has 2 rings (SSSR count). The van der Waals surface area contributed by atoms with Crippen molar-refractivity contribution in [3.8, 4) is 0 Å². The number of carboxylic acids is 3. The Kier molecular flexibility index (Phi) is 27.9. The normalized spacial score (nSPS) is 14.7. The molecule has 9 atom stereocenters. The number of hydrogen-bond donors (Lipinski definition) is 12. The van der Waals surface area contributed by atoms with Crippen molar-refractivity contribution >= 4 is 65.2 Å². The summed E-state index contributed by atoms with van der Waals surface area (Å²) >= 11 is 0. The second-order valence-electron chi connectivity index (χ2n) is 20.1. The van der Waals surface area contributed by atoms with Crippen LogP contribution in [0.25, 0.3) is 0 Å². The molecule has 8 amide bonds. The van der Waals surface area contributed by atoms with Gasteiger partial charge < -0.3 is 63.6 Å². The number of aliphatic carboxylic acids is 3. The van der Waals surface area contributed by atoms with Gasteiger partial charge in [0.1, 0.15) is 42.3 Å². The molecule has 0 bridgehead atoms. The second-order valence-corrected chi connectivity index (χ2v) is 20.1. The molecule has 0 saturated carbocycles. The molecule has 420 valence electrons. The van der Waals surface area contributed by atoms with Crippen LogP contribution in [0.2, 0.25) is 0 Å². The Bertz CT molecular complexity index is 2280. The summed E-state index contributed by atoms with van der Waals surface area (Å²) in [6, 6.07) is 6.82. The Morgan fingerprint density at radius 2 is 0.882 bits per heavy atom. The molecule has 76 heavy (non-hydrogen) atoms. The van der Waals surface area contributed by atoms with E-state index in [1.807, 2.05) is 51.1 Å². The van der Waals surface area contributed by atoms with Gasteiger partial charge in [0.15, 0.2) is 0 Å². The molecule has 23 heteroatoms. The van der Waals surface area contributed by atoms with Gasteiger partial charge in [-0.05, 0) is 66.9 Å². The van der Waals surface area contributed by atoms with Crippen molar-refractivity contribution in [3.63, 3.8) is 0 Å². The lowest BCUT2D eigenvalue weighted by molar-refractivity contribution is -0.144. The zero-order valence-electron chi connectivity index (χ0n) is 44.7. The van der Waals surface area contributed by atoms with E-state index in [4.69, 9.17) is 5.73 Å². The van der Waals surface area contributed by atoms with Gasteiger partial charge in [-0.1, -0.05) is 122 Å². The minimum absolute atomic E-state index is 0.0527. The summed E-state index contributed by atoms with van der Waals surface area (Å²) in [5, 5.41) is 48.8. The zero-order valence-corrected chi connectivity index (χ0v) is 44.7. The van der Waals surface area contributed by atoms with Gasteiger partial charge in [0.05, 0.1) is 12.6 Å². The lowest BCUT2D eigenvalue weighted by atomic mass is 9.95. The molecule has 0 spiro atoms. The molecule has 13 N–H and O–H groups in total. The van der Waals surface area contributed by atoms with Crippen LogP contribution in [0.4, 0.5) is 0 Å². The molecule has 0 heterocycles. The minimum Gasteiger partial charge on any atom is -0.481 e. The third-order valence-electron chi connectivity index (χ3n) is 12.3. The van der Waals surface area contributed by atoms with Gasteiger partial charge in [0.25, 0.3) is 0 Å². The number of carbonyl (C=O) groups excluding carboxylic acids is 8. The average molecular weight is 1070 g/mol. The monoisotopic (exact) mass is 1070 g/mol. The van der Waals surface area contributed by atoms with Crippen LogP contribution >= 0.6 is 0 Å². The Morgan fingerprint density at radius 1 is 0.474 bits per heavy atom. The minimum atomic E-state index is -1.62. The number of nitrogens with one attached hydrogen (secondary N) is 8. The second kappa shape index (κ2) is 32.8. The van der Waals surface area contributed by atoms with Gasteiger partial charge in [0, 0.05) is 19.3 Å². The van der Waals surface area contributed by atoms with Crippen molar-refractivity contribution in [1.82, 2.24) is 42.5 Å². The van der Waals surface area contributed by atoms with Gasteiger partial charge in [-0.2, -0.15) is 0 Å². The number of nitrogens with two attached hydrogens (primary N) is 1. The molecule has 0 aromatic heterocycles. The van der Waals surface area contributed by atoms with Crippen molar-refractivity contribution in [1.29, 1.82) is 0 Å². The number of carbonyl (C=O) groups is 11. The van der Waals surface area contributed by atoms with Crippen LogP contribution in [0.15, 0.2) is 60.7 Å². The summed E-state index contributed by atoms with van der Waals surface area (Å²) in [6.45, 7) is 13.1. The topological polar surface area (TPSA) is 371 Å². The smallest absolute Gasteiger partial charge is 0.326 e. The van der Waals surface area contributed by atoms with E-state index in [-0.39, 0.29) is 37.5 Å². The van der Waals surface area contributed by atoms with Crippen molar-refractivity contribution in [3.05, 3.63) is 71.8 Å². The van der Waals surface area contributed by atoms with E-state index in [1.165, 1.54) is 13.8 Å². The lowest BCUT2D eigenvalue weighted by Crippen LogP contribution is -2.60. The maximum Gasteiger partial charge on any atom is 0.326 e. The van der Waals surface area contributed by atoms with E-state index in [9.17, 15) is 68.1 Å². The largest absolute Gasteiger partial charge is 0.481 e. The fourth-order valence-electron chi connectivity index (χ4n) is 7.84. The highest BCUT2D eigenvalue weighted by Gasteiger charge is 2.36. The van der Waals surface area contributed by atoms with E-state index in [0.29, 0.717) is 12.0 Å². The van der Waals surface area contributed by atoms with Gasteiger partial charge in [-0.3, -0.25) is 47.9 Å². The van der Waals surface area contributed by atoms with Gasteiger partial charge >= 0.3 is 17.9 Å². The van der Waals surface area contributed by atoms with Crippen LogP contribution < -0.4 is 48.3 Å². The first kappa shape index (κ1) is 64.7. The SMILES string of the molecule is CC[C@H](C)[C@H](NC(=O)[C@H](CC(C)C)NC(=O)[C@@H](N)Cc1ccccc1)C(=O)N[C@@H](CC(C)C)C(=O)NCC(=O)N[C@@H](CCC(=O)O)C(=O)N[C@@H](Cc1ccccc1)C(=O)N[C@@H](CCC(=O)O)C(=O)N[C@H](C(=O)O)C(C)C. The quantitative estimate of drug-likeness (QED) is 0.0464. The number of carboxylic acid groups (broad SMARTS) is 3. The van der Waals surface area contributed by atoms with E-state index >= 15 is 0 Å². The van der Waals surface area contributed by atoms with Gasteiger partial charge in [-0.25, -0.2) is 4.79 Å². The standard InChI is InChI=1S/C53H79N9O14/c1-9-32(8)45(62-51(73)39(25-30(4)5)58-46(68)35(54)26-33-16-12-10-13-17-33)52(74)60-38(24-29(2)3)47(69)55-28-41(63)56-36(20-22-42(64)65)48(70)59-40(27-34-18-14-11-15-19-34)50(72)57-37(21-23-43(66)67)49(71)61-44(31(6)7)53(75)76/h10-19,29-32,35-40,44-45H,9,20-28,54H2,1-8H3,(H,55,69)(H,56,63)(H,57,72)(H,58,68)(H,59,70)(H,60,74)(H,61,71)(H,62,73)(H,64,65)(H,66,67)(H,75,76)/t32-,35-,36-,37-,38-,39-,40-,44-,45-/m0/s1. The first-order valence-corrected chi connectivity index (χ1v) is 25.6. The first-order chi connectivity index (χ1) is 35.7. The number of amides is 8. The van der Waals surface area contributed by atoms with E-state index in [1.54, 1.807) is 51.1 Å². The van der Waals surface area contributed by atoms with Crippen LogP contribution in [0.1, 0.15) is 111 Å². The number of rotatable bonds is 34. The third kappa shape index (κ3) is 23.8. The first-order valence-electron chi connectivity index (χ1n) is 25.6. The molecule has 0 aliphatic carbocycles. The Labute approximate surface area is 443 Å². The molecule has 0 aliphatic rings. The summed E-state index contributed by atoms with van der Waals surface area (Å²) in [5.74, 6) is -12.0. The van der Waals surface area contributed by atoms with Crippen molar-refractivity contribution in [2.45, 2.75) is 162 Å². The van der Waals surface area contributed by atoms with Crippen molar-refractivity contribution < 1.29 is 68.1 Å². The van der Waals surface area contributed by atoms with Gasteiger partial charge in [-0.15, -0.1) is 0 Å². The molecule has 0 unspecified atom stereocenters. The maximum absolute atomic E-state index is 14.1. The van der Waals surface area contributed by atoms with Gasteiger partial charge in [0.2, 0.25) is 47.3 Å². The predicted molar refractivity (Wildman–Crippen MR) is 279 cm³/mol. The third-order valence-corrected chi connectivity index (χ3v) is 12.3. The van der Waals surface area contributed by atoms with E-state index in [2.05, 4.69) is 42.5 Å². The van der Waals surface area contributed by atoms with Crippen LogP contribution in [-0.4, -0.2) is 135 Å². The number of hydrogen-bond acceptors (Lipinski definition) is 12. The summed E-state index contributed by atoms with van der Waals surface area (Å²) < 4.78 is 0. The van der Waals surface area contributed by atoms with Crippen LogP contribution in [0, 0.1) is 23.7 Å². The summed E-state index contributed by atoms with van der Waals surface area (Å²) in [7, 11) is 0. The zero-order chi connectivity index (χ0) is 57.2. The molecule has 0 saturated heterocycles. The highest BCUT2D eigenvalue weighted by Crippen LogP contribution is 2.15. The molecular formula is C53H79N9O14. The maximum atomic E-state index is 14.1. The molecule has 0 radical (unpaired) electrons. The average Bonchev–Trinajstić information content (AvgIpc) is 3.35. The summed E-state index contributed by atoms with van der Waals surface area (Å²) in [4.78, 5) is 145. The highest BCUT2D eigenvalue weighted by molar-refractivity contribution is 5.97. The van der Waals surface area contributed by atoms with Crippen molar-refractivity contribution in [2.75, 3.05) is 6.54 Å². The van der Waals surface area contributed by atoms with Crippen LogP contribution in [0.5, 0.6) is 0 Å². The lowest BCUT2D eigenvalue weighted by Gasteiger charge is -2.29. The van der Waals surface area contributed by atoms with Crippen LogP contribution in [-0.2, 0) is 65.6 Å². The van der Waals surface area contributed by atoms with E-state index in [0.717, 1.165) is 5.56 Å². The predicted octanol–water partition coefficient (Wildman–Crippen LogP) is 0.917. The molecular weight excluding hydrogens is 987 g/mol. The Balaban J connectivity index is 2.31. The number of benzene rings is 2. The fraction of sp³-hybridized carbons (Fsp3) is 0.566. The molecule has 2 aromatic rings. The Hall–Kier alpha value is -7.43. The molecule has 0 aliphatic heterocycles. The molecule has 2 aromatic carbocycles. The summed E-state index contributed by atoms with van der Waals surface area (Å²) in [6.07, 6.45) is -1.46. The van der Waals surface area contributed by atoms with Crippen LogP contribution in [0.3, 0.4) is 0 Å². The summed E-state index contributed by atoms with van der Waals surface area (Å²) in [5.41, 5.74) is 7.56. The fourth-order valence-corrected chi connectivity index (χ4v) is 7.84. The Morgan fingerprint density at radius 3 is 1.36 bits per heavy atom. The molecule has 23 nitrogen and oxygen atoms in total. The van der Waals surface area contributed by atoms with E-state index < -0.39 is 158 Å². The highest BCUT2D eigenvalue weighted by atomic mass is 16.4. The van der Waals surface area contributed by atoms with Crippen molar-refractivity contribution in [2.24, 2.45) is 29.4 Å².